The second-order valence-corrected chi connectivity index (χ2v) is 4.43. The summed E-state index contributed by atoms with van der Waals surface area (Å²) in [5.41, 5.74) is 1.31. The number of hydrogen-bond donors (Lipinski definition) is 0. The van der Waals surface area contributed by atoms with Gasteiger partial charge in [-0.05, 0) is 37.3 Å². The molecule has 0 aromatic rings. The second kappa shape index (κ2) is 4.71. The van der Waals surface area contributed by atoms with Gasteiger partial charge in [0, 0.05) is 5.03 Å². The molecule has 1 rings (SSSR count). The summed E-state index contributed by atoms with van der Waals surface area (Å²) >= 11 is 5.94. The molecule has 0 saturated carbocycles. The predicted molar refractivity (Wildman–Crippen MR) is 56.7 cm³/mol. The lowest BCUT2D eigenvalue weighted by Gasteiger charge is -2.16. The molecule has 74 valence electrons. The molecule has 0 fully saturated rings. The van der Waals surface area contributed by atoms with Crippen molar-refractivity contribution in [3.8, 4) is 0 Å². The molecule has 0 atom stereocenters. The summed E-state index contributed by atoms with van der Waals surface area (Å²) in [5, 5.41) is 0.907. The molecule has 0 heterocycles. The van der Waals surface area contributed by atoms with Gasteiger partial charge in [0.25, 0.3) is 0 Å². The Kier molecular flexibility index (Phi) is 3.86. The van der Waals surface area contributed by atoms with Crippen LogP contribution < -0.4 is 0 Å². The number of allylic oxidation sites excluding steroid dienone is 3. The number of hydrogen-bond acceptors (Lipinski definition) is 1. The summed E-state index contributed by atoms with van der Waals surface area (Å²) in [7, 11) is 0. The van der Waals surface area contributed by atoms with Crippen molar-refractivity contribution in [3.63, 3.8) is 0 Å². The maximum absolute atomic E-state index is 5.94. The first-order chi connectivity index (χ1) is 6.09. The minimum atomic E-state index is 0.564. The van der Waals surface area contributed by atoms with E-state index in [0.29, 0.717) is 5.92 Å². The van der Waals surface area contributed by atoms with Crippen LogP contribution in [0, 0.1) is 5.92 Å². The molecule has 1 nitrogen and oxygen atoms in total. The van der Waals surface area contributed by atoms with Crippen LogP contribution in [0.2, 0.25) is 0 Å². The van der Waals surface area contributed by atoms with Crippen LogP contribution in [-0.4, -0.2) is 6.61 Å². The van der Waals surface area contributed by atoms with Gasteiger partial charge in [-0.25, -0.2) is 0 Å². The van der Waals surface area contributed by atoms with Gasteiger partial charge >= 0.3 is 0 Å². The molecule has 0 aliphatic heterocycles. The Bertz CT molecular complexity index is 238. The van der Waals surface area contributed by atoms with Crippen molar-refractivity contribution in [1.29, 1.82) is 0 Å². The summed E-state index contributed by atoms with van der Waals surface area (Å²) in [5.74, 6) is 1.54. The third-order valence-corrected chi connectivity index (χ3v) is 2.32. The van der Waals surface area contributed by atoms with Crippen LogP contribution in [0.4, 0.5) is 0 Å². The van der Waals surface area contributed by atoms with Crippen LogP contribution in [-0.2, 0) is 4.74 Å². The maximum atomic E-state index is 5.94. The molecule has 0 unspecified atom stereocenters. The van der Waals surface area contributed by atoms with E-state index in [1.807, 2.05) is 6.08 Å². The van der Waals surface area contributed by atoms with E-state index in [9.17, 15) is 0 Å². The molecule has 1 aliphatic carbocycles. The van der Waals surface area contributed by atoms with Crippen LogP contribution in [0.3, 0.4) is 0 Å². The fraction of sp³-hybridized carbons (Fsp3) is 0.636. The van der Waals surface area contributed by atoms with E-state index in [1.165, 1.54) is 5.57 Å². The number of ether oxygens (including phenoxy) is 1. The number of rotatable bonds is 3. The van der Waals surface area contributed by atoms with Crippen LogP contribution in [0.25, 0.3) is 0 Å². The highest BCUT2D eigenvalue weighted by Gasteiger charge is 2.10. The van der Waals surface area contributed by atoms with Gasteiger partial charge in [-0.15, -0.1) is 0 Å². The molecule has 0 saturated heterocycles. The predicted octanol–water partition coefficient (Wildman–Crippen LogP) is 3.85. The highest BCUT2D eigenvalue weighted by Crippen LogP contribution is 2.26. The van der Waals surface area contributed by atoms with Gasteiger partial charge in [0.1, 0.15) is 5.76 Å². The molecule has 0 aromatic heterocycles. The molecule has 0 aromatic carbocycles. The van der Waals surface area contributed by atoms with Gasteiger partial charge in [-0.1, -0.05) is 25.4 Å². The maximum Gasteiger partial charge on any atom is 0.119 e. The van der Waals surface area contributed by atoms with Crippen molar-refractivity contribution in [3.05, 3.63) is 22.4 Å². The smallest absolute Gasteiger partial charge is 0.119 e. The summed E-state index contributed by atoms with van der Waals surface area (Å²) < 4.78 is 5.65. The van der Waals surface area contributed by atoms with E-state index in [2.05, 4.69) is 20.8 Å². The van der Waals surface area contributed by atoms with Crippen molar-refractivity contribution in [2.24, 2.45) is 5.92 Å². The lowest BCUT2D eigenvalue weighted by Crippen LogP contribution is -2.04. The molecular weight excluding hydrogens is 184 g/mol. The lowest BCUT2D eigenvalue weighted by molar-refractivity contribution is 0.185. The molecule has 13 heavy (non-hydrogen) atoms. The van der Waals surface area contributed by atoms with Crippen molar-refractivity contribution < 1.29 is 4.74 Å². The van der Waals surface area contributed by atoms with Crippen LogP contribution in [0.5, 0.6) is 0 Å². The lowest BCUT2D eigenvalue weighted by atomic mass is 10.1. The van der Waals surface area contributed by atoms with Gasteiger partial charge in [0.2, 0.25) is 0 Å². The SMILES string of the molecule is CC1=C(OCC(C)C)C=C(Cl)CC1. The van der Waals surface area contributed by atoms with Crippen molar-refractivity contribution in [1.82, 2.24) is 0 Å². The van der Waals surface area contributed by atoms with E-state index in [1.54, 1.807) is 0 Å². The van der Waals surface area contributed by atoms with Gasteiger partial charge < -0.3 is 4.74 Å². The fourth-order valence-corrected chi connectivity index (χ4v) is 1.38. The zero-order valence-electron chi connectivity index (χ0n) is 8.56. The Labute approximate surface area is 85.4 Å². The summed E-state index contributed by atoms with van der Waals surface area (Å²) in [6.45, 7) is 7.16. The van der Waals surface area contributed by atoms with Crippen LogP contribution >= 0.6 is 11.6 Å². The fourth-order valence-electron chi connectivity index (χ4n) is 1.19. The molecule has 0 bridgehead atoms. The summed E-state index contributed by atoms with van der Waals surface area (Å²) in [6, 6.07) is 0. The first-order valence-electron chi connectivity index (χ1n) is 4.78. The Morgan fingerprint density at radius 3 is 2.77 bits per heavy atom. The average Bonchev–Trinajstić information content (AvgIpc) is 2.06. The molecule has 0 N–H and O–H groups in total. The van der Waals surface area contributed by atoms with E-state index in [4.69, 9.17) is 16.3 Å². The normalized spacial score (nSPS) is 17.8. The quantitative estimate of drug-likeness (QED) is 0.673. The summed E-state index contributed by atoms with van der Waals surface area (Å²) in [6.07, 6.45) is 3.94. The monoisotopic (exact) mass is 200 g/mol. The second-order valence-electron chi connectivity index (χ2n) is 3.94. The van der Waals surface area contributed by atoms with E-state index >= 15 is 0 Å². The Hall–Kier alpha value is -0.430. The molecular formula is C11H17ClO. The highest BCUT2D eigenvalue weighted by molar-refractivity contribution is 6.29. The van der Waals surface area contributed by atoms with Gasteiger partial charge in [-0.2, -0.15) is 0 Å². The van der Waals surface area contributed by atoms with Gasteiger partial charge in [0.05, 0.1) is 6.61 Å². The molecule has 0 radical (unpaired) electrons. The van der Waals surface area contributed by atoms with Crippen LogP contribution in [0.15, 0.2) is 22.4 Å². The van der Waals surface area contributed by atoms with Crippen molar-refractivity contribution in [2.75, 3.05) is 6.61 Å². The Balaban J connectivity index is 2.56. The zero-order chi connectivity index (χ0) is 9.84. The zero-order valence-corrected chi connectivity index (χ0v) is 9.32. The van der Waals surface area contributed by atoms with E-state index < -0.39 is 0 Å². The molecule has 1 aliphatic rings. The Morgan fingerprint density at radius 2 is 2.15 bits per heavy atom. The first kappa shape index (κ1) is 10.6. The van der Waals surface area contributed by atoms with E-state index in [0.717, 1.165) is 30.2 Å². The van der Waals surface area contributed by atoms with Crippen LogP contribution in [0.1, 0.15) is 33.6 Å². The molecule has 0 amide bonds. The first-order valence-corrected chi connectivity index (χ1v) is 5.16. The third kappa shape index (κ3) is 3.43. The standard InChI is InChI=1S/C11H17ClO/c1-8(2)7-13-11-6-10(12)5-4-9(11)3/h6,8H,4-5,7H2,1-3H3. The van der Waals surface area contributed by atoms with Crippen molar-refractivity contribution >= 4 is 11.6 Å². The average molecular weight is 201 g/mol. The third-order valence-electron chi connectivity index (χ3n) is 2.02. The highest BCUT2D eigenvalue weighted by atomic mass is 35.5. The molecule has 2 heteroatoms. The summed E-state index contributed by atoms with van der Waals surface area (Å²) in [4.78, 5) is 0. The topological polar surface area (TPSA) is 9.23 Å². The van der Waals surface area contributed by atoms with Crippen molar-refractivity contribution in [2.45, 2.75) is 33.6 Å². The van der Waals surface area contributed by atoms with Gasteiger partial charge in [0.15, 0.2) is 0 Å². The van der Waals surface area contributed by atoms with Gasteiger partial charge in [-0.3, -0.25) is 0 Å². The minimum absolute atomic E-state index is 0.564. The largest absolute Gasteiger partial charge is 0.493 e. The minimum Gasteiger partial charge on any atom is -0.493 e. The Morgan fingerprint density at radius 1 is 1.46 bits per heavy atom. The molecule has 0 spiro atoms. The van der Waals surface area contributed by atoms with E-state index in [-0.39, 0.29) is 0 Å². The number of halogens is 1.